The molecule has 0 atom stereocenters. The molecule has 1 amide bonds. The molecule has 0 aliphatic rings. The van der Waals surface area contributed by atoms with Gasteiger partial charge in [-0.1, -0.05) is 48.0 Å². The van der Waals surface area contributed by atoms with Crippen molar-refractivity contribution in [2.45, 2.75) is 18.4 Å². The second-order valence-electron chi connectivity index (χ2n) is 6.76. The first kappa shape index (κ1) is 20.5. The third kappa shape index (κ3) is 5.00. The van der Waals surface area contributed by atoms with Crippen LogP contribution in [0.1, 0.15) is 21.5 Å². The van der Waals surface area contributed by atoms with Crippen LogP contribution in [0.5, 0.6) is 0 Å². The van der Waals surface area contributed by atoms with Gasteiger partial charge >= 0.3 is 0 Å². The third-order valence-electron chi connectivity index (χ3n) is 4.36. The molecule has 7 heteroatoms. The number of para-hydroxylation sites is 1. The van der Waals surface area contributed by atoms with E-state index in [1.165, 1.54) is 41.3 Å². The van der Waals surface area contributed by atoms with E-state index in [1.54, 1.807) is 13.1 Å². The van der Waals surface area contributed by atoms with Crippen LogP contribution in [0, 0.1) is 12.7 Å². The maximum atomic E-state index is 13.8. The lowest BCUT2D eigenvalue weighted by Gasteiger charge is -2.18. The summed E-state index contributed by atoms with van der Waals surface area (Å²) in [5.74, 6) is -0.990. The summed E-state index contributed by atoms with van der Waals surface area (Å²) in [5, 5.41) is 0. The zero-order valence-corrected chi connectivity index (χ0v) is 16.9. The van der Waals surface area contributed by atoms with E-state index in [0.29, 0.717) is 6.54 Å². The number of nitrogens with zero attached hydrogens (tertiary/aromatic N) is 1. The van der Waals surface area contributed by atoms with Gasteiger partial charge in [-0.05, 0) is 42.8 Å². The smallest absolute Gasteiger partial charge is 0.262 e. The van der Waals surface area contributed by atoms with E-state index in [0.717, 1.165) is 17.2 Å². The molecule has 0 radical (unpaired) electrons. The Kier molecular flexibility index (Phi) is 5.98. The summed E-state index contributed by atoms with van der Waals surface area (Å²) >= 11 is 0. The lowest BCUT2D eigenvalue weighted by Crippen LogP contribution is -2.26. The van der Waals surface area contributed by atoms with Gasteiger partial charge in [0.1, 0.15) is 5.82 Å². The second kappa shape index (κ2) is 8.45. The van der Waals surface area contributed by atoms with E-state index in [-0.39, 0.29) is 22.1 Å². The average Bonchev–Trinajstić information content (AvgIpc) is 2.69. The van der Waals surface area contributed by atoms with Crippen LogP contribution in [-0.4, -0.2) is 26.3 Å². The van der Waals surface area contributed by atoms with E-state index < -0.39 is 15.8 Å². The molecule has 0 aliphatic carbocycles. The summed E-state index contributed by atoms with van der Waals surface area (Å²) in [6, 6.07) is 19.0. The molecule has 5 nitrogen and oxygen atoms in total. The topological polar surface area (TPSA) is 66.5 Å². The first-order chi connectivity index (χ1) is 13.8. The van der Waals surface area contributed by atoms with E-state index in [9.17, 15) is 17.6 Å². The fourth-order valence-electron chi connectivity index (χ4n) is 2.92. The molecular formula is C22H21FN2O3S. The molecule has 3 aromatic rings. The van der Waals surface area contributed by atoms with Gasteiger partial charge in [0.15, 0.2) is 0 Å². The maximum absolute atomic E-state index is 13.8. The van der Waals surface area contributed by atoms with Crippen LogP contribution in [0.25, 0.3) is 0 Å². The van der Waals surface area contributed by atoms with Crippen molar-refractivity contribution in [2.24, 2.45) is 0 Å². The first-order valence-electron chi connectivity index (χ1n) is 8.95. The summed E-state index contributed by atoms with van der Waals surface area (Å²) in [4.78, 5) is 14.2. The second-order valence-corrected chi connectivity index (χ2v) is 8.45. The average molecular weight is 412 g/mol. The first-order valence-corrected chi connectivity index (χ1v) is 10.4. The van der Waals surface area contributed by atoms with E-state index in [1.807, 2.05) is 31.2 Å². The summed E-state index contributed by atoms with van der Waals surface area (Å²) < 4.78 is 41.3. The molecule has 0 aromatic heterocycles. The SMILES string of the molecule is Cc1cccc(CN(C)C(=O)c2cccc(S(=O)(=O)Nc3ccccc3F)c2)c1. The molecule has 29 heavy (non-hydrogen) atoms. The van der Waals surface area contributed by atoms with Crippen LogP contribution in [0.4, 0.5) is 10.1 Å². The van der Waals surface area contributed by atoms with E-state index >= 15 is 0 Å². The molecule has 3 rings (SSSR count). The number of hydrogen-bond donors (Lipinski definition) is 1. The molecule has 0 bridgehead atoms. The molecule has 150 valence electrons. The minimum Gasteiger partial charge on any atom is -0.337 e. The molecule has 0 saturated heterocycles. The number of amides is 1. The van der Waals surface area contributed by atoms with Crippen LogP contribution in [0.3, 0.4) is 0 Å². The number of aryl methyl sites for hydroxylation is 1. The minimum atomic E-state index is -4.04. The van der Waals surface area contributed by atoms with Gasteiger partial charge in [-0.2, -0.15) is 0 Å². The Bertz CT molecular complexity index is 1150. The largest absolute Gasteiger partial charge is 0.337 e. The maximum Gasteiger partial charge on any atom is 0.262 e. The molecule has 0 aliphatic heterocycles. The highest BCUT2D eigenvalue weighted by atomic mass is 32.2. The lowest BCUT2D eigenvalue weighted by atomic mass is 10.1. The van der Waals surface area contributed by atoms with Crippen LogP contribution in [0.15, 0.2) is 77.7 Å². The number of carbonyl (C=O) groups excluding carboxylic acids is 1. The molecular weight excluding hydrogens is 391 g/mol. The van der Waals surface area contributed by atoms with Crippen molar-refractivity contribution in [1.29, 1.82) is 0 Å². The Labute approximate surface area is 169 Å². The van der Waals surface area contributed by atoms with Gasteiger partial charge in [0.2, 0.25) is 0 Å². The van der Waals surface area contributed by atoms with Gasteiger partial charge in [-0.3, -0.25) is 9.52 Å². The van der Waals surface area contributed by atoms with E-state index in [2.05, 4.69) is 4.72 Å². The summed E-state index contributed by atoms with van der Waals surface area (Å²) in [5.41, 5.74) is 2.15. The van der Waals surface area contributed by atoms with Crippen LogP contribution in [-0.2, 0) is 16.6 Å². The highest BCUT2D eigenvalue weighted by molar-refractivity contribution is 7.92. The van der Waals surface area contributed by atoms with Crippen molar-refractivity contribution in [1.82, 2.24) is 4.90 Å². The van der Waals surface area contributed by atoms with Crippen molar-refractivity contribution in [2.75, 3.05) is 11.8 Å². The Hall–Kier alpha value is -3.19. The van der Waals surface area contributed by atoms with Gasteiger partial charge < -0.3 is 4.90 Å². The number of halogens is 1. The van der Waals surface area contributed by atoms with Gasteiger partial charge in [0, 0.05) is 19.2 Å². The van der Waals surface area contributed by atoms with Gasteiger partial charge in [0.05, 0.1) is 10.6 Å². The summed E-state index contributed by atoms with van der Waals surface area (Å²) in [6.45, 7) is 2.37. The minimum absolute atomic E-state index is 0.115. The Morgan fingerprint density at radius 3 is 2.45 bits per heavy atom. The number of anilines is 1. The molecule has 0 heterocycles. The van der Waals surface area contributed by atoms with Crippen molar-refractivity contribution in [3.8, 4) is 0 Å². The zero-order valence-electron chi connectivity index (χ0n) is 16.1. The standard InChI is InChI=1S/C22H21FN2O3S/c1-16-7-5-8-17(13-16)15-25(2)22(26)18-9-6-10-19(14-18)29(27,28)24-21-12-4-3-11-20(21)23/h3-14,24H,15H2,1-2H3. The highest BCUT2D eigenvalue weighted by Gasteiger charge is 2.19. The van der Waals surface area contributed by atoms with Crippen LogP contribution >= 0.6 is 0 Å². The number of carbonyl (C=O) groups is 1. The fourth-order valence-corrected chi connectivity index (χ4v) is 4.03. The molecule has 3 aromatic carbocycles. The van der Waals surface area contributed by atoms with Crippen LogP contribution < -0.4 is 4.72 Å². The van der Waals surface area contributed by atoms with Gasteiger partial charge in [-0.25, -0.2) is 12.8 Å². The quantitative estimate of drug-likeness (QED) is 0.660. The van der Waals surface area contributed by atoms with Crippen molar-refractivity contribution >= 4 is 21.6 Å². The number of benzene rings is 3. The monoisotopic (exact) mass is 412 g/mol. The third-order valence-corrected chi connectivity index (χ3v) is 5.72. The molecule has 0 unspecified atom stereocenters. The Morgan fingerprint density at radius 1 is 1.00 bits per heavy atom. The van der Waals surface area contributed by atoms with Crippen molar-refractivity contribution in [3.05, 3.63) is 95.3 Å². The molecule has 1 N–H and O–H groups in total. The highest BCUT2D eigenvalue weighted by Crippen LogP contribution is 2.20. The van der Waals surface area contributed by atoms with Gasteiger partial charge in [0.25, 0.3) is 15.9 Å². The molecule has 0 fully saturated rings. The van der Waals surface area contributed by atoms with Crippen molar-refractivity contribution < 1.29 is 17.6 Å². The number of nitrogens with one attached hydrogen (secondary N) is 1. The van der Waals surface area contributed by atoms with Crippen LogP contribution in [0.2, 0.25) is 0 Å². The summed E-state index contributed by atoms with van der Waals surface area (Å²) in [6.07, 6.45) is 0. The Morgan fingerprint density at radius 2 is 1.72 bits per heavy atom. The number of hydrogen-bond acceptors (Lipinski definition) is 3. The fraction of sp³-hybridized carbons (Fsp3) is 0.136. The Balaban J connectivity index is 1.81. The number of sulfonamides is 1. The van der Waals surface area contributed by atoms with Crippen molar-refractivity contribution in [3.63, 3.8) is 0 Å². The summed E-state index contributed by atoms with van der Waals surface area (Å²) in [7, 11) is -2.39. The predicted octanol–water partition coefficient (Wildman–Crippen LogP) is 4.21. The predicted molar refractivity (Wildman–Crippen MR) is 111 cm³/mol. The molecule has 0 spiro atoms. The zero-order chi connectivity index (χ0) is 21.0. The van der Waals surface area contributed by atoms with E-state index in [4.69, 9.17) is 0 Å². The van der Waals surface area contributed by atoms with Gasteiger partial charge in [-0.15, -0.1) is 0 Å². The molecule has 0 saturated carbocycles. The lowest BCUT2D eigenvalue weighted by molar-refractivity contribution is 0.0785. The number of rotatable bonds is 6. The normalized spacial score (nSPS) is 11.1.